The summed E-state index contributed by atoms with van der Waals surface area (Å²) < 4.78 is 12.2. The number of likely N-dealkylation sites (N-methyl/N-ethyl adjacent to an activating group) is 1. The number of hydrogen-bond acceptors (Lipinski definition) is 13. The van der Waals surface area contributed by atoms with E-state index in [1.807, 2.05) is 30.3 Å². The predicted octanol–water partition coefficient (Wildman–Crippen LogP) is 1.80. The number of nitrogens with zero attached hydrogens (tertiary/aromatic N) is 3. The van der Waals surface area contributed by atoms with E-state index in [2.05, 4.69) is 47.0 Å². The van der Waals surface area contributed by atoms with Crippen LogP contribution in [0.5, 0.6) is 11.5 Å². The van der Waals surface area contributed by atoms with E-state index in [4.69, 9.17) is 37.7 Å². The molecule has 344 valence electrons. The lowest BCUT2D eigenvalue weighted by Gasteiger charge is -2.32. The SMILES string of the molecule is CC1NC(=O)C(N(C)C(=O)C(CCN)NC(=O)c2ccc(-c3ccc(C(C)(C)C)cc3)nc2N)c2ccc(OCCN)c(c2)-c2cc(ccc2OCCN)CC(C(=O)NCC#N)NC1=O. The summed E-state index contributed by atoms with van der Waals surface area (Å²) in [6.45, 7) is 8.12. The summed E-state index contributed by atoms with van der Waals surface area (Å²) in [5.41, 5.74) is 28.3. The van der Waals surface area contributed by atoms with Crippen LogP contribution in [0.4, 0.5) is 5.82 Å². The molecule has 3 aromatic carbocycles. The molecule has 65 heavy (non-hydrogen) atoms. The van der Waals surface area contributed by atoms with Crippen molar-refractivity contribution in [1.29, 1.82) is 5.26 Å². The highest BCUT2D eigenvalue weighted by molar-refractivity contribution is 6.02. The number of aromatic nitrogens is 1. The molecule has 4 atom stereocenters. The summed E-state index contributed by atoms with van der Waals surface area (Å²) in [6, 6.07) is 18.0. The molecule has 0 spiro atoms. The van der Waals surface area contributed by atoms with Crippen molar-refractivity contribution < 1.29 is 33.4 Å². The lowest BCUT2D eigenvalue weighted by molar-refractivity contribution is -0.141. The van der Waals surface area contributed by atoms with Gasteiger partial charge in [-0.15, -0.1) is 0 Å². The molecule has 0 saturated heterocycles. The van der Waals surface area contributed by atoms with Crippen LogP contribution in [0, 0.1) is 11.3 Å². The average Bonchev–Trinajstić information content (AvgIpc) is 3.28. The lowest BCUT2D eigenvalue weighted by atomic mass is 9.86. The Balaban J connectivity index is 1.55. The number of carbonyl (C=O) groups excluding carboxylic acids is 5. The number of nitrogen functional groups attached to an aromatic ring is 1. The smallest absolute Gasteiger partial charge is 0.255 e. The molecule has 5 rings (SSSR count). The molecule has 0 aliphatic carbocycles. The third kappa shape index (κ3) is 12.1. The van der Waals surface area contributed by atoms with E-state index in [-0.39, 0.29) is 69.0 Å². The molecule has 4 bridgehead atoms. The number of anilines is 1. The Morgan fingerprint density at radius 1 is 0.892 bits per heavy atom. The minimum Gasteiger partial charge on any atom is -0.492 e. The van der Waals surface area contributed by atoms with Crippen molar-refractivity contribution in [3.63, 3.8) is 0 Å². The van der Waals surface area contributed by atoms with Crippen LogP contribution in [0.1, 0.15) is 67.2 Å². The summed E-state index contributed by atoms with van der Waals surface area (Å²) in [5, 5.41) is 19.8. The summed E-state index contributed by atoms with van der Waals surface area (Å²) in [5.74, 6) is -2.77. The third-order valence-corrected chi connectivity index (χ3v) is 10.8. The molecule has 2 heterocycles. The molecule has 12 N–H and O–H groups in total. The average molecular weight is 890 g/mol. The maximum absolute atomic E-state index is 14.6. The molecule has 5 amide bonds. The number of ether oxygens (including phenoxy) is 2. The van der Waals surface area contributed by atoms with Crippen molar-refractivity contribution in [2.75, 3.05) is 52.2 Å². The van der Waals surface area contributed by atoms with Gasteiger partial charge >= 0.3 is 0 Å². The zero-order valence-electron chi connectivity index (χ0n) is 37.4. The number of benzene rings is 3. The van der Waals surface area contributed by atoms with Gasteiger partial charge in [0.25, 0.3) is 5.91 Å². The fraction of sp³-hybridized carbons (Fsp3) is 0.383. The van der Waals surface area contributed by atoms with E-state index < -0.39 is 53.7 Å². The van der Waals surface area contributed by atoms with Crippen LogP contribution in [0.3, 0.4) is 0 Å². The fourth-order valence-electron chi connectivity index (χ4n) is 7.33. The molecular weight excluding hydrogens is 831 g/mol. The standard InChI is InChI=1S/C47H59N11O7/c1-27-42(59)57-37(44(61)53-21-18-49)25-28-6-14-38(64-22-19-50)33(24-28)34-26-30(9-15-39(34)65-23-20-51)40(45(62)54-27)58(5)46(63)36(16-17-48)56-43(60)32-12-13-35(55-41(32)52)29-7-10-31(11-8-29)47(2,3)4/h6-15,24,26-27,36-37,40H,16-17,19-23,25,48,50-51H2,1-5H3,(H2,52,55)(H,53,61)(H,54,62)(H,56,60)(H,57,59). The van der Waals surface area contributed by atoms with Gasteiger partial charge < -0.3 is 58.6 Å². The van der Waals surface area contributed by atoms with Crippen LogP contribution >= 0.6 is 0 Å². The van der Waals surface area contributed by atoms with Gasteiger partial charge in [0.2, 0.25) is 23.6 Å². The largest absolute Gasteiger partial charge is 0.492 e. The first kappa shape index (κ1) is 49.0. The monoisotopic (exact) mass is 889 g/mol. The van der Waals surface area contributed by atoms with Gasteiger partial charge in [-0.05, 0) is 78.4 Å². The van der Waals surface area contributed by atoms with Crippen LogP contribution in [0.2, 0.25) is 0 Å². The molecule has 18 nitrogen and oxygen atoms in total. The van der Waals surface area contributed by atoms with E-state index in [0.29, 0.717) is 39.4 Å². The highest BCUT2D eigenvalue weighted by Gasteiger charge is 2.36. The molecule has 0 saturated carbocycles. The number of carbonyl (C=O) groups is 5. The zero-order chi connectivity index (χ0) is 47.4. The Labute approximate surface area is 378 Å². The second-order valence-electron chi connectivity index (χ2n) is 16.6. The number of nitriles is 1. The Hall–Kier alpha value is -7.07. The summed E-state index contributed by atoms with van der Waals surface area (Å²) in [7, 11) is 1.40. The molecule has 1 aromatic heterocycles. The Morgan fingerprint density at radius 2 is 1.54 bits per heavy atom. The molecule has 18 heteroatoms. The first-order valence-corrected chi connectivity index (χ1v) is 21.3. The number of nitrogens with one attached hydrogen (secondary N) is 4. The van der Waals surface area contributed by atoms with Crippen molar-refractivity contribution in [2.24, 2.45) is 17.2 Å². The molecule has 4 unspecified atom stereocenters. The first-order valence-electron chi connectivity index (χ1n) is 21.3. The summed E-state index contributed by atoms with van der Waals surface area (Å²) in [4.78, 5) is 75.7. The summed E-state index contributed by atoms with van der Waals surface area (Å²) in [6.07, 6.45) is -0.0213. The van der Waals surface area contributed by atoms with Crippen LogP contribution in [-0.4, -0.2) is 104 Å². The highest BCUT2D eigenvalue weighted by atomic mass is 16.5. The first-order chi connectivity index (χ1) is 31.0. The number of amides is 5. The van der Waals surface area contributed by atoms with Gasteiger partial charge in [-0.25, -0.2) is 4.98 Å². The second-order valence-corrected chi connectivity index (χ2v) is 16.6. The van der Waals surface area contributed by atoms with Gasteiger partial charge in [0.05, 0.1) is 17.3 Å². The predicted molar refractivity (Wildman–Crippen MR) is 246 cm³/mol. The number of pyridine rings is 1. The van der Waals surface area contributed by atoms with Gasteiger partial charge in [0.15, 0.2) is 0 Å². The van der Waals surface area contributed by atoms with Gasteiger partial charge in [-0.3, -0.25) is 24.0 Å². The molecule has 0 radical (unpaired) electrons. The maximum atomic E-state index is 14.6. The van der Waals surface area contributed by atoms with E-state index in [1.54, 1.807) is 42.5 Å². The number of rotatable bonds is 15. The Kier molecular flexibility index (Phi) is 16.6. The minimum absolute atomic E-state index is 0.00204. The number of nitrogens with two attached hydrogens (primary N) is 4. The Bertz CT molecular complexity index is 2410. The van der Waals surface area contributed by atoms with Gasteiger partial charge in [0, 0.05) is 43.2 Å². The maximum Gasteiger partial charge on any atom is 0.255 e. The van der Waals surface area contributed by atoms with E-state index in [1.165, 1.54) is 20.0 Å². The van der Waals surface area contributed by atoms with Crippen molar-refractivity contribution >= 4 is 35.4 Å². The van der Waals surface area contributed by atoms with E-state index >= 15 is 0 Å². The van der Waals surface area contributed by atoms with Crippen molar-refractivity contribution in [1.82, 2.24) is 31.2 Å². The normalized spacial score (nSPS) is 16.7. The lowest BCUT2D eigenvalue weighted by Crippen LogP contribution is -2.56. The van der Waals surface area contributed by atoms with Gasteiger partial charge in [-0.1, -0.05) is 57.2 Å². The van der Waals surface area contributed by atoms with Crippen molar-refractivity contribution in [2.45, 2.75) is 70.1 Å². The van der Waals surface area contributed by atoms with Gasteiger partial charge in [0.1, 0.15) is 61.2 Å². The van der Waals surface area contributed by atoms with Gasteiger partial charge in [-0.2, -0.15) is 5.26 Å². The van der Waals surface area contributed by atoms with Crippen LogP contribution in [0.15, 0.2) is 72.8 Å². The number of hydrogen-bond donors (Lipinski definition) is 8. The fourth-order valence-corrected chi connectivity index (χ4v) is 7.33. The topological polar surface area (TPSA) is 296 Å². The highest BCUT2D eigenvalue weighted by Crippen LogP contribution is 2.40. The summed E-state index contributed by atoms with van der Waals surface area (Å²) >= 11 is 0. The van der Waals surface area contributed by atoms with Crippen LogP contribution < -0.4 is 53.7 Å². The molecule has 1 aliphatic heterocycles. The van der Waals surface area contributed by atoms with E-state index in [9.17, 15) is 24.0 Å². The second kappa shape index (κ2) is 22.0. The van der Waals surface area contributed by atoms with Crippen molar-refractivity contribution in [3.8, 4) is 40.0 Å². The van der Waals surface area contributed by atoms with Crippen LogP contribution in [-0.2, 0) is 31.0 Å². The molecule has 1 aliphatic rings. The Morgan fingerprint density at radius 3 is 2.14 bits per heavy atom. The van der Waals surface area contributed by atoms with Crippen LogP contribution in [0.25, 0.3) is 22.4 Å². The minimum atomic E-state index is -1.41. The zero-order valence-corrected chi connectivity index (χ0v) is 37.4. The van der Waals surface area contributed by atoms with Crippen molar-refractivity contribution in [3.05, 3.63) is 95.1 Å². The third-order valence-electron chi connectivity index (χ3n) is 10.8. The van der Waals surface area contributed by atoms with E-state index in [0.717, 1.165) is 16.0 Å². The quantitative estimate of drug-likeness (QED) is 0.0792. The molecule has 0 fully saturated rings. The molecular formula is C47H59N11O7. The molecule has 4 aromatic rings. The number of fused-ring (bicyclic) bond motifs is 5.